The summed E-state index contributed by atoms with van der Waals surface area (Å²) in [7, 11) is 0. The Morgan fingerprint density at radius 3 is 2.43 bits per heavy atom. The highest BCUT2D eigenvalue weighted by atomic mass is 32.1. The van der Waals surface area contributed by atoms with Gasteiger partial charge >= 0.3 is 5.97 Å². The molecule has 0 fully saturated rings. The molecular formula is C28H26N2O6S. The van der Waals surface area contributed by atoms with Crippen LogP contribution in [0.25, 0.3) is 6.08 Å². The lowest BCUT2D eigenvalue weighted by atomic mass is 9.95. The second-order valence-corrected chi connectivity index (χ2v) is 9.06. The molecule has 0 spiro atoms. The maximum absolute atomic E-state index is 13.4. The largest absolute Gasteiger partial charge is 0.503 e. The predicted octanol–water partition coefficient (Wildman–Crippen LogP) is 5.21. The molecule has 1 aromatic heterocycles. The molecule has 1 amide bonds. The van der Waals surface area contributed by atoms with Crippen LogP contribution in [0.1, 0.15) is 46.4 Å². The van der Waals surface area contributed by atoms with Crippen molar-refractivity contribution in [3.05, 3.63) is 93.7 Å². The maximum atomic E-state index is 13.4. The highest BCUT2D eigenvalue weighted by molar-refractivity contribution is 7.17. The van der Waals surface area contributed by atoms with E-state index in [1.54, 1.807) is 44.2 Å². The molecule has 1 aliphatic heterocycles. The first-order chi connectivity index (χ1) is 17.8. The fourth-order valence-corrected chi connectivity index (χ4v) is 4.97. The van der Waals surface area contributed by atoms with Gasteiger partial charge in [0.25, 0.3) is 5.91 Å². The van der Waals surface area contributed by atoms with Crippen LogP contribution in [0, 0.1) is 6.92 Å². The highest BCUT2D eigenvalue weighted by Gasteiger charge is 2.45. The number of aliphatic hydroxyl groups excluding tert-OH is 1. The van der Waals surface area contributed by atoms with E-state index in [-0.39, 0.29) is 22.2 Å². The van der Waals surface area contributed by atoms with Crippen molar-refractivity contribution in [2.45, 2.75) is 26.8 Å². The summed E-state index contributed by atoms with van der Waals surface area (Å²) >= 11 is 0.972. The number of hydrogen-bond acceptors (Lipinski definition) is 8. The average Bonchev–Trinajstić information content (AvgIpc) is 3.40. The molecule has 190 valence electrons. The molecule has 0 radical (unpaired) electrons. The molecule has 1 atom stereocenters. The van der Waals surface area contributed by atoms with Crippen LogP contribution < -0.4 is 9.64 Å². The maximum Gasteiger partial charge on any atom is 0.350 e. The molecule has 0 bridgehead atoms. The number of benzene rings is 2. The van der Waals surface area contributed by atoms with Gasteiger partial charge in [-0.15, -0.1) is 0 Å². The summed E-state index contributed by atoms with van der Waals surface area (Å²) in [6.45, 7) is 5.88. The van der Waals surface area contributed by atoms with Gasteiger partial charge in [-0.05, 0) is 50.1 Å². The van der Waals surface area contributed by atoms with Gasteiger partial charge in [-0.3, -0.25) is 14.5 Å². The molecular weight excluding hydrogens is 492 g/mol. The van der Waals surface area contributed by atoms with E-state index >= 15 is 0 Å². The van der Waals surface area contributed by atoms with Crippen LogP contribution in [0.4, 0.5) is 5.13 Å². The number of hydrogen-bond donors (Lipinski definition) is 1. The normalized spacial score (nSPS) is 15.5. The van der Waals surface area contributed by atoms with Gasteiger partial charge in [0, 0.05) is 0 Å². The number of rotatable bonds is 9. The summed E-state index contributed by atoms with van der Waals surface area (Å²) in [6, 6.07) is 15.2. The van der Waals surface area contributed by atoms with Crippen molar-refractivity contribution in [2.24, 2.45) is 0 Å². The summed E-state index contributed by atoms with van der Waals surface area (Å²) in [5, 5.41) is 11.1. The van der Waals surface area contributed by atoms with Crippen LogP contribution in [0.2, 0.25) is 0 Å². The number of thiazole rings is 1. The lowest BCUT2D eigenvalue weighted by molar-refractivity contribution is -0.117. The smallest absolute Gasteiger partial charge is 0.350 e. The minimum absolute atomic E-state index is 0.0770. The van der Waals surface area contributed by atoms with Gasteiger partial charge < -0.3 is 14.6 Å². The number of aryl methyl sites for hydroxylation is 1. The summed E-state index contributed by atoms with van der Waals surface area (Å²) in [6.07, 6.45) is 2.95. The monoisotopic (exact) mass is 518 g/mol. The number of nitrogens with zero attached hydrogens (tertiary/aromatic N) is 2. The van der Waals surface area contributed by atoms with E-state index < -0.39 is 29.5 Å². The van der Waals surface area contributed by atoms with Gasteiger partial charge in [0.2, 0.25) is 0 Å². The zero-order chi connectivity index (χ0) is 26.5. The van der Waals surface area contributed by atoms with Crippen molar-refractivity contribution < 1.29 is 29.0 Å². The van der Waals surface area contributed by atoms with Crippen molar-refractivity contribution in [1.82, 2.24) is 4.98 Å². The van der Waals surface area contributed by atoms with Gasteiger partial charge in [0.05, 0.1) is 30.5 Å². The number of carbonyl (C=O) groups excluding carboxylic acids is 3. The van der Waals surface area contributed by atoms with Crippen LogP contribution >= 0.6 is 11.3 Å². The van der Waals surface area contributed by atoms with Crippen molar-refractivity contribution in [3.8, 4) is 5.75 Å². The van der Waals surface area contributed by atoms with E-state index in [1.807, 2.05) is 37.3 Å². The van der Waals surface area contributed by atoms with E-state index in [9.17, 15) is 19.5 Å². The standard InChI is InChI=1S/C28H26N2O6S/c1-4-35-20-14-12-19(13-15-20)23-22(21(31)16-11-18-9-7-6-8-10-18)24(32)26(33)30(23)28-29-17(3)25(37-28)27(34)36-5-2/h6-16,23,32H,4-5H2,1-3H3/b16-11+. The van der Waals surface area contributed by atoms with Crippen LogP contribution in [0.15, 0.2) is 72.0 Å². The minimum atomic E-state index is -0.961. The Kier molecular flexibility index (Phi) is 7.83. The topological polar surface area (TPSA) is 106 Å². The molecule has 2 aromatic carbocycles. The zero-order valence-corrected chi connectivity index (χ0v) is 21.5. The van der Waals surface area contributed by atoms with Crippen LogP contribution in [0.5, 0.6) is 5.75 Å². The predicted molar refractivity (Wildman–Crippen MR) is 141 cm³/mol. The fourth-order valence-electron chi connectivity index (χ4n) is 3.98. The van der Waals surface area contributed by atoms with Crippen molar-refractivity contribution in [2.75, 3.05) is 18.1 Å². The number of esters is 1. The Labute approximate surface area is 218 Å². The van der Waals surface area contributed by atoms with Crippen molar-refractivity contribution in [1.29, 1.82) is 0 Å². The van der Waals surface area contributed by atoms with Gasteiger partial charge in [-0.1, -0.05) is 59.9 Å². The van der Waals surface area contributed by atoms with Crippen molar-refractivity contribution >= 4 is 40.2 Å². The third-order valence-electron chi connectivity index (χ3n) is 5.66. The number of anilines is 1. The van der Waals surface area contributed by atoms with Crippen LogP contribution in [-0.2, 0) is 14.3 Å². The van der Waals surface area contributed by atoms with E-state index in [4.69, 9.17) is 9.47 Å². The molecule has 1 aliphatic rings. The SMILES string of the molecule is CCOC(=O)c1sc(N2C(=O)C(O)=C(C(=O)/C=C/c3ccccc3)C2c2ccc(OCC)cc2)nc1C. The molecule has 37 heavy (non-hydrogen) atoms. The summed E-state index contributed by atoms with van der Waals surface area (Å²) in [5.74, 6) is -1.88. The van der Waals surface area contributed by atoms with Gasteiger partial charge in [-0.25, -0.2) is 9.78 Å². The second-order valence-electron chi connectivity index (χ2n) is 8.08. The number of carbonyl (C=O) groups is 3. The summed E-state index contributed by atoms with van der Waals surface area (Å²) in [4.78, 5) is 45.0. The zero-order valence-electron chi connectivity index (χ0n) is 20.6. The number of allylic oxidation sites excluding steroid dienone is 1. The lowest BCUT2D eigenvalue weighted by Crippen LogP contribution is -2.30. The van der Waals surface area contributed by atoms with Crippen LogP contribution in [-0.4, -0.2) is 41.0 Å². The number of aliphatic hydroxyl groups is 1. The highest BCUT2D eigenvalue weighted by Crippen LogP contribution is 2.43. The van der Waals surface area contributed by atoms with E-state index in [0.717, 1.165) is 16.9 Å². The number of ketones is 1. The van der Waals surface area contributed by atoms with Crippen molar-refractivity contribution in [3.63, 3.8) is 0 Å². The summed E-state index contributed by atoms with van der Waals surface area (Å²) in [5.41, 5.74) is 1.68. The molecule has 0 saturated carbocycles. The van der Waals surface area contributed by atoms with E-state index in [0.29, 0.717) is 23.6 Å². The molecule has 1 N–H and O–H groups in total. The first kappa shape index (κ1) is 25.8. The first-order valence-corrected chi connectivity index (χ1v) is 12.6. The fraction of sp³-hybridized carbons (Fsp3) is 0.214. The van der Waals surface area contributed by atoms with Crippen LogP contribution in [0.3, 0.4) is 0 Å². The number of aromatic nitrogens is 1. The molecule has 0 aliphatic carbocycles. The molecule has 0 saturated heterocycles. The van der Waals surface area contributed by atoms with E-state index in [1.165, 1.54) is 11.0 Å². The Morgan fingerprint density at radius 2 is 1.78 bits per heavy atom. The third kappa shape index (κ3) is 5.31. The molecule has 9 heteroatoms. The van der Waals surface area contributed by atoms with Gasteiger partial charge in [0.1, 0.15) is 10.6 Å². The summed E-state index contributed by atoms with van der Waals surface area (Å²) < 4.78 is 10.6. The molecule has 3 aromatic rings. The molecule has 1 unspecified atom stereocenters. The Morgan fingerprint density at radius 1 is 1.08 bits per heavy atom. The van der Waals surface area contributed by atoms with Gasteiger partial charge in [0.15, 0.2) is 16.7 Å². The average molecular weight is 519 g/mol. The molecule has 8 nitrogen and oxygen atoms in total. The molecule has 2 heterocycles. The lowest BCUT2D eigenvalue weighted by Gasteiger charge is -2.24. The third-order valence-corrected chi connectivity index (χ3v) is 6.80. The number of amides is 1. The number of ether oxygens (including phenoxy) is 2. The Balaban J connectivity index is 1.78. The van der Waals surface area contributed by atoms with Gasteiger partial charge in [-0.2, -0.15) is 0 Å². The minimum Gasteiger partial charge on any atom is -0.503 e. The molecule has 4 rings (SSSR count). The first-order valence-electron chi connectivity index (χ1n) is 11.8. The Bertz CT molecular complexity index is 1380. The van der Waals surface area contributed by atoms with E-state index in [2.05, 4.69) is 4.98 Å². The quantitative estimate of drug-likeness (QED) is 0.306. The second kappa shape index (κ2) is 11.2. The Hall–Kier alpha value is -4.24.